The van der Waals surface area contributed by atoms with Gasteiger partial charge in [-0.1, -0.05) is 76.5 Å². The fraction of sp³-hybridized carbons (Fsp3) is 0.650. The first-order chi connectivity index (χ1) is 11.1. The summed E-state index contributed by atoms with van der Waals surface area (Å²) in [6, 6.07) is 8.23. The van der Waals surface area contributed by atoms with Crippen molar-refractivity contribution in [3.8, 4) is 0 Å². The molecule has 2 nitrogen and oxygen atoms in total. The first kappa shape index (κ1) is 20.1. The van der Waals surface area contributed by atoms with Crippen molar-refractivity contribution in [2.24, 2.45) is 5.73 Å². The van der Waals surface area contributed by atoms with Gasteiger partial charge in [-0.25, -0.2) is 0 Å². The molecule has 1 aromatic rings. The third kappa shape index (κ3) is 9.04. The molecular weight excluding hydrogens is 302 g/mol. The Labute approximate surface area is 147 Å². The van der Waals surface area contributed by atoms with Gasteiger partial charge in [-0.3, -0.25) is 4.79 Å². The highest BCUT2D eigenvalue weighted by molar-refractivity contribution is 7.80. The zero-order valence-corrected chi connectivity index (χ0v) is 15.5. The predicted octanol–water partition coefficient (Wildman–Crippen LogP) is 5.86. The van der Waals surface area contributed by atoms with E-state index in [1.165, 1.54) is 56.9 Å². The van der Waals surface area contributed by atoms with Crippen LogP contribution in [0.1, 0.15) is 89.0 Å². The van der Waals surface area contributed by atoms with Gasteiger partial charge in [0.1, 0.15) is 0 Å². The van der Waals surface area contributed by atoms with Crippen molar-refractivity contribution in [2.75, 3.05) is 0 Å². The molecule has 0 aliphatic rings. The van der Waals surface area contributed by atoms with E-state index in [0.29, 0.717) is 12.3 Å². The van der Waals surface area contributed by atoms with E-state index < -0.39 is 0 Å². The predicted molar refractivity (Wildman–Crippen MR) is 102 cm³/mol. The molecule has 1 unspecified atom stereocenters. The van der Waals surface area contributed by atoms with Gasteiger partial charge in [0.25, 0.3) is 0 Å². The summed E-state index contributed by atoms with van der Waals surface area (Å²) in [4.78, 5) is 12.2. The van der Waals surface area contributed by atoms with E-state index in [4.69, 9.17) is 5.73 Å². The summed E-state index contributed by atoms with van der Waals surface area (Å²) in [5.41, 5.74) is 6.60. The van der Waals surface area contributed by atoms with Crippen LogP contribution in [0, 0.1) is 0 Å². The van der Waals surface area contributed by atoms with Crippen LogP contribution in [0.15, 0.2) is 29.2 Å². The summed E-state index contributed by atoms with van der Waals surface area (Å²) in [6.45, 7) is 2.26. The SMILES string of the molecule is CCCCCCCCCCC(CCC(N)=O)c1ccccc1S. The monoisotopic (exact) mass is 335 g/mol. The molecule has 0 spiro atoms. The molecule has 1 aromatic carbocycles. The first-order valence-electron chi connectivity index (χ1n) is 9.21. The molecule has 0 fully saturated rings. The number of carbonyl (C=O) groups excluding carboxylic acids is 1. The molecule has 0 aromatic heterocycles. The quantitative estimate of drug-likeness (QED) is 0.344. The minimum Gasteiger partial charge on any atom is -0.370 e. The highest BCUT2D eigenvalue weighted by Crippen LogP contribution is 2.31. The molecule has 0 radical (unpaired) electrons. The average Bonchev–Trinajstić information content (AvgIpc) is 2.53. The lowest BCUT2D eigenvalue weighted by molar-refractivity contribution is -0.118. The fourth-order valence-electron chi connectivity index (χ4n) is 3.13. The van der Waals surface area contributed by atoms with Gasteiger partial charge >= 0.3 is 0 Å². The highest BCUT2D eigenvalue weighted by Gasteiger charge is 2.14. The number of hydrogen-bond acceptors (Lipinski definition) is 2. The molecule has 1 rings (SSSR count). The standard InChI is InChI=1S/C20H33NOS/c1-2-3-4-5-6-7-8-9-12-17(15-16-20(21)22)18-13-10-11-14-19(18)23/h10-11,13-14,17,23H,2-9,12,15-16H2,1H3,(H2,21,22). The Morgan fingerprint density at radius 3 is 2.22 bits per heavy atom. The Morgan fingerprint density at radius 1 is 1.00 bits per heavy atom. The molecule has 23 heavy (non-hydrogen) atoms. The van der Waals surface area contributed by atoms with Gasteiger partial charge in [-0.05, 0) is 30.4 Å². The summed E-state index contributed by atoms with van der Waals surface area (Å²) >= 11 is 4.58. The van der Waals surface area contributed by atoms with Crippen molar-refractivity contribution >= 4 is 18.5 Å². The zero-order chi connectivity index (χ0) is 16.9. The highest BCUT2D eigenvalue weighted by atomic mass is 32.1. The topological polar surface area (TPSA) is 43.1 Å². The molecule has 0 bridgehead atoms. The molecule has 1 atom stereocenters. The maximum absolute atomic E-state index is 11.1. The second-order valence-electron chi connectivity index (χ2n) is 6.52. The van der Waals surface area contributed by atoms with Crippen LogP contribution in [-0.4, -0.2) is 5.91 Å². The maximum atomic E-state index is 11.1. The molecule has 0 saturated carbocycles. The third-order valence-corrected chi connectivity index (χ3v) is 4.93. The lowest BCUT2D eigenvalue weighted by atomic mass is 9.89. The molecule has 2 N–H and O–H groups in total. The number of thiol groups is 1. The minimum absolute atomic E-state index is 0.206. The summed E-state index contributed by atoms with van der Waals surface area (Å²) in [7, 11) is 0. The van der Waals surface area contributed by atoms with Crippen molar-refractivity contribution in [1.29, 1.82) is 0 Å². The molecule has 130 valence electrons. The molecule has 0 aliphatic carbocycles. The van der Waals surface area contributed by atoms with E-state index in [0.717, 1.165) is 17.7 Å². The Balaban J connectivity index is 2.36. The van der Waals surface area contributed by atoms with Crippen LogP contribution in [0.2, 0.25) is 0 Å². The molecular formula is C20H33NOS. The summed E-state index contributed by atoms with van der Waals surface area (Å²) in [6.07, 6.45) is 13.0. The van der Waals surface area contributed by atoms with Crippen LogP contribution in [0.3, 0.4) is 0 Å². The van der Waals surface area contributed by atoms with Gasteiger partial charge in [-0.15, -0.1) is 12.6 Å². The number of benzene rings is 1. The van der Waals surface area contributed by atoms with Crippen LogP contribution >= 0.6 is 12.6 Å². The van der Waals surface area contributed by atoms with Crippen LogP contribution in [0.25, 0.3) is 0 Å². The van der Waals surface area contributed by atoms with Gasteiger partial charge in [-0.2, -0.15) is 0 Å². The van der Waals surface area contributed by atoms with E-state index in [2.05, 4.69) is 31.7 Å². The number of hydrogen-bond donors (Lipinski definition) is 2. The number of rotatable bonds is 13. The lowest BCUT2D eigenvalue weighted by Crippen LogP contribution is -2.12. The van der Waals surface area contributed by atoms with Gasteiger partial charge in [0.2, 0.25) is 5.91 Å². The average molecular weight is 336 g/mol. The van der Waals surface area contributed by atoms with Crippen molar-refractivity contribution in [1.82, 2.24) is 0 Å². The van der Waals surface area contributed by atoms with Crippen molar-refractivity contribution < 1.29 is 4.79 Å². The summed E-state index contributed by atoms with van der Waals surface area (Å²) in [5.74, 6) is 0.193. The fourth-order valence-corrected chi connectivity index (χ4v) is 3.47. The smallest absolute Gasteiger partial charge is 0.217 e. The Hall–Kier alpha value is -0.960. The Bertz CT molecular complexity index is 447. The Kier molecular flexibility index (Phi) is 10.9. The number of primary amides is 1. The van der Waals surface area contributed by atoms with E-state index in [1.54, 1.807) is 0 Å². The maximum Gasteiger partial charge on any atom is 0.217 e. The van der Waals surface area contributed by atoms with Gasteiger partial charge in [0.15, 0.2) is 0 Å². The van der Waals surface area contributed by atoms with Gasteiger partial charge < -0.3 is 5.73 Å². The van der Waals surface area contributed by atoms with E-state index in [1.807, 2.05) is 12.1 Å². The van der Waals surface area contributed by atoms with Crippen LogP contribution < -0.4 is 5.73 Å². The molecule has 1 amide bonds. The minimum atomic E-state index is -0.206. The zero-order valence-electron chi connectivity index (χ0n) is 14.6. The molecule has 0 aliphatic heterocycles. The molecule has 0 heterocycles. The number of amides is 1. The first-order valence-corrected chi connectivity index (χ1v) is 9.66. The second kappa shape index (κ2) is 12.5. The largest absolute Gasteiger partial charge is 0.370 e. The normalized spacial score (nSPS) is 12.3. The van der Waals surface area contributed by atoms with Crippen molar-refractivity contribution in [3.63, 3.8) is 0 Å². The molecule has 3 heteroatoms. The van der Waals surface area contributed by atoms with E-state index >= 15 is 0 Å². The summed E-state index contributed by atoms with van der Waals surface area (Å²) < 4.78 is 0. The second-order valence-corrected chi connectivity index (χ2v) is 7.01. The summed E-state index contributed by atoms with van der Waals surface area (Å²) in [5, 5.41) is 0. The lowest BCUT2D eigenvalue weighted by Gasteiger charge is -2.18. The van der Waals surface area contributed by atoms with Gasteiger partial charge in [0.05, 0.1) is 0 Å². The van der Waals surface area contributed by atoms with Crippen LogP contribution in [-0.2, 0) is 4.79 Å². The van der Waals surface area contributed by atoms with Crippen molar-refractivity contribution in [2.45, 2.75) is 88.4 Å². The van der Waals surface area contributed by atoms with Crippen molar-refractivity contribution in [3.05, 3.63) is 29.8 Å². The number of carbonyl (C=O) groups is 1. The Morgan fingerprint density at radius 2 is 1.61 bits per heavy atom. The number of nitrogens with two attached hydrogens (primary N) is 1. The van der Waals surface area contributed by atoms with E-state index in [9.17, 15) is 4.79 Å². The van der Waals surface area contributed by atoms with Crippen LogP contribution in [0.5, 0.6) is 0 Å². The van der Waals surface area contributed by atoms with E-state index in [-0.39, 0.29) is 5.91 Å². The van der Waals surface area contributed by atoms with Gasteiger partial charge in [0, 0.05) is 11.3 Å². The molecule has 0 saturated heterocycles. The number of unbranched alkanes of at least 4 members (excludes halogenated alkanes) is 7. The third-order valence-electron chi connectivity index (χ3n) is 4.52. The van der Waals surface area contributed by atoms with Crippen LogP contribution in [0.4, 0.5) is 0 Å².